The summed E-state index contributed by atoms with van der Waals surface area (Å²) in [4.78, 5) is 24.1. The molecule has 0 spiro atoms. The minimum atomic E-state index is -0.675. The Hall–Kier alpha value is -3.88. The molecule has 0 aromatic heterocycles. The fourth-order valence-corrected chi connectivity index (χ4v) is 5.74. The number of nitrogens with zero attached hydrogens (tertiary/aromatic N) is 3. The highest BCUT2D eigenvalue weighted by atomic mass is 35.5. The van der Waals surface area contributed by atoms with E-state index in [1.165, 1.54) is 18.2 Å². The first-order chi connectivity index (χ1) is 19.4. The number of amides is 1. The second-order valence-electron chi connectivity index (χ2n) is 10.2. The summed E-state index contributed by atoms with van der Waals surface area (Å²) in [6, 6.07) is 16.9. The molecule has 3 aliphatic rings. The second kappa shape index (κ2) is 10.9. The van der Waals surface area contributed by atoms with Gasteiger partial charge in [-0.2, -0.15) is 0 Å². The van der Waals surface area contributed by atoms with Crippen LogP contribution in [0.1, 0.15) is 39.9 Å². The predicted octanol–water partition coefficient (Wildman–Crippen LogP) is 5.57. The Kier molecular flexibility index (Phi) is 7.21. The maximum absolute atomic E-state index is 14.8. The number of likely N-dealkylation sites (N-methyl/N-ethyl adjacent to an activating group) is 1. The normalized spacial score (nSPS) is 20.1. The summed E-state index contributed by atoms with van der Waals surface area (Å²) in [5, 5.41) is 7.13. The maximum Gasteiger partial charge on any atom is 0.253 e. The number of likely N-dealkylation sites (tertiary alicyclic amines) is 1. The van der Waals surface area contributed by atoms with Gasteiger partial charge in [0.05, 0.1) is 17.8 Å². The molecule has 1 amide bonds. The highest BCUT2D eigenvalue weighted by Crippen LogP contribution is 2.36. The summed E-state index contributed by atoms with van der Waals surface area (Å²) in [6.45, 7) is 1.70. The van der Waals surface area contributed by atoms with E-state index in [1.54, 1.807) is 18.3 Å². The quantitative estimate of drug-likeness (QED) is 0.429. The van der Waals surface area contributed by atoms with Crippen molar-refractivity contribution < 1.29 is 13.6 Å². The standard InChI is InChI=1S/C31H28ClF2N5O/c1-35-22-11-12-39(17-22)31(40)18-5-8-21(9-6-18)38-28-14-24-19(15-36-28)16-37-30(25-13-20(32)7-10-23(24)25)29-26(33)3-2-4-27(29)34/h2-10,13,15,22,28,35,38H,11-12,14,16-17H2,1H3. The first kappa shape index (κ1) is 26.3. The molecule has 6 rings (SSSR count). The number of dihydropyridines is 1. The van der Waals surface area contributed by atoms with Crippen molar-refractivity contribution in [2.75, 3.05) is 32.0 Å². The lowest BCUT2D eigenvalue weighted by Gasteiger charge is -2.24. The van der Waals surface area contributed by atoms with E-state index in [2.05, 4.69) is 15.6 Å². The molecule has 6 nitrogen and oxygen atoms in total. The van der Waals surface area contributed by atoms with Crippen LogP contribution in [0.2, 0.25) is 5.02 Å². The van der Waals surface area contributed by atoms with Crippen molar-refractivity contribution in [3.8, 4) is 0 Å². The zero-order valence-electron chi connectivity index (χ0n) is 21.9. The van der Waals surface area contributed by atoms with Crippen LogP contribution in [0.15, 0.2) is 76.2 Å². The van der Waals surface area contributed by atoms with Crippen molar-refractivity contribution in [3.63, 3.8) is 0 Å². The molecule has 2 atom stereocenters. The van der Waals surface area contributed by atoms with Gasteiger partial charge in [0.25, 0.3) is 5.91 Å². The lowest BCUT2D eigenvalue weighted by Crippen LogP contribution is -2.33. The molecule has 9 heteroatoms. The van der Waals surface area contributed by atoms with E-state index < -0.39 is 11.6 Å². The first-order valence-corrected chi connectivity index (χ1v) is 13.7. The molecule has 3 aromatic rings. The Bertz CT molecular complexity index is 1550. The van der Waals surface area contributed by atoms with Gasteiger partial charge in [0, 0.05) is 53.6 Å². The van der Waals surface area contributed by atoms with Gasteiger partial charge in [-0.3, -0.25) is 14.8 Å². The van der Waals surface area contributed by atoms with Gasteiger partial charge in [0.2, 0.25) is 0 Å². The molecular weight excluding hydrogens is 532 g/mol. The van der Waals surface area contributed by atoms with E-state index in [1.807, 2.05) is 42.3 Å². The van der Waals surface area contributed by atoms with E-state index in [9.17, 15) is 13.6 Å². The summed E-state index contributed by atoms with van der Waals surface area (Å²) < 4.78 is 29.6. The number of carbonyl (C=O) groups is 1. The van der Waals surface area contributed by atoms with Gasteiger partial charge in [0.1, 0.15) is 17.8 Å². The monoisotopic (exact) mass is 559 g/mol. The number of anilines is 1. The van der Waals surface area contributed by atoms with Gasteiger partial charge in [-0.25, -0.2) is 8.78 Å². The minimum absolute atomic E-state index is 0.0330. The van der Waals surface area contributed by atoms with Crippen molar-refractivity contribution in [1.29, 1.82) is 0 Å². The number of carbonyl (C=O) groups excluding carboxylic acids is 1. The number of hydrogen-bond donors (Lipinski definition) is 2. The Morgan fingerprint density at radius 3 is 2.55 bits per heavy atom. The third-order valence-corrected chi connectivity index (χ3v) is 7.95. The highest BCUT2D eigenvalue weighted by molar-refractivity contribution is 6.31. The topological polar surface area (TPSA) is 69.1 Å². The summed E-state index contributed by atoms with van der Waals surface area (Å²) in [7, 11) is 1.92. The van der Waals surface area contributed by atoms with E-state index in [-0.39, 0.29) is 29.9 Å². The molecule has 0 saturated carbocycles. The molecule has 0 bridgehead atoms. The van der Waals surface area contributed by atoms with Crippen LogP contribution in [-0.4, -0.2) is 61.6 Å². The van der Waals surface area contributed by atoms with Gasteiger partial charge < -0.3 is 15.5 Å². The number of rotatable bonds is 5. The van der Waals surface area contributed by atoms with Crippen molar-refractivity contribution in [2.45, 2.75) is 25.0 Å². The molecule has 1 saturated heterocycles. The Morgan fingerprint density at radius 1 is 1.05 bits per heavy atom. The van der Waals surface area contributed by atoms with Crippen LogP contribution in [0.5, 0.6) is 0 Å². The molecule has 2 N–H and O–H groups in total. The lowest BCUT2D eigenvalue weighted by atomic mass is 9.88. The van der Waals surface area contributed by atoms with Crippen LogP contribution in [-0.2, 0) is 0 Å². The number of nitrogens with one attached hydrogen (secondary N) is 2. The minimum Gasteiger partial charge on any atom is -0.364 e. The summed E-state index contributed by atoms with van der Waals surface area (Å²) in [5.41, 5.74) is 4.85. The van der Waals surface area contributed by atoms with E-state index in [0.717, 1.165) is 35.4 Å². The van der Waals surface area contributed by atoms with Gasteiger partial charge in [-0.05, 0) is 78.7 Å². The molecule has 0 aliphatic carbocycles. The van der Waals surface area contributed by atoms with E-state index in [4.69, 9.17) is 16.6 Å². The summed E-state index contributed by atoms with van der Waals surface area (Å²) >= 11 is 6.34. The molecule has 3 aliphatic heterocycles. The third kappa shape index (κ3) is 5.05. The van der Waals surface area contributed by atoms with Crippen molar-refractivity contribution >= 4 is 40.7 Å². The van der Waals surface area contributed by atoms with Crippen LogP contribution < -0.4 is 10.6 Å². The molecule has 204 valence electrons. The fraction of sp³-hybridized carbons (Fsp3) is 0.258. The molecule has 3 heterocycles. The van der Waals surface area contributed by atoms with Crippen LogP contribution in [0.3, 0.4) is 0 Å². The number of benzene rings is 3. The van der Waals surface area contributed by atoms with Crippen LogP contribution in [0.25, 0.3) is 5.57 Å². The second-order valence-corrected chi connectivity index (χ2v) is 10.6. The number of halogens is 3. The van der Waals surface area contributed by atoms with Crippen molar-refractivity contribution in [3.05, 3.63) is 105 Å². The van der Waals surface area contributed by atoms with E-state index in [0.29, 0.717) is 35.2 Å². The zero-order chi connectivity index (χ0) is 27.8. The number of fused-ring (bicyclic) bond motifs is 2. The lowest BCUT2D eigenvalue weighted by molar-refractivity contribution is 0.0789. The van der Waals surface area contributed by atoms with Gasteiger partial charge in [-0.1, -0.05) is 23.7 Å². The summed E-state index contributed by atoms with van der Waals surface area (Å²) in [6.07, 6.45) is 3.01. The Labute approximate surface area is 236 Å². The van der Waals surface area contributed by atoms with Crippen LogP contribution >= 0.6 is 11.6 Å². The molecule has 2 unspecified atom stereocenters. The number of hydrogen-bond acceptors (Lipinski definition) is 5. The highest BCUT2D eigenvalue weighted by Gasteiger charge is 2.28. The predicted molar refractivity (Wildman–Crippen MR) is 156 cm³/mol. The Morgan fingerprint density at radius 2 is 1.82 bits per heavy atom. The van der Waals surface area contributed by atoms with Crippen LogP contribution in [0, 0.1) is 11.6 Å². The Balaban J connectivity index is 1.22. The molecule has 3 aromatic carbocycles. The molecule has 1 fully saturated rings. The van der Waals surface area contributed by atoms with Crippen molar-refractivity contribution in [2.24, 2.45) is 9.98 Å². The van der Waals surface area contributed by atoms with Crippen LogP contribution in [0.4, 0.5) is 14.5 Å². The summed E-state index contributed by atoms with van der Waals surface area (Å²) in [5.74, 6) is -1.32. The average molecular weight is 560 g/mol. The maximum atomic E-state index is 14.8. The molecular formula is C31H28ClF2N5O. The average Bonchev–Trinajstić information content (AvgIpc) is 3.39. The van der Waals surface area contributed by atoms with Crippen molar-refractivity contribution in [1.82, 2.24) is 10.2 Å². The van der Waals surface area contributed by atoms with Gasteiger partial charge in [0.15, 0.2) is 0 Å². The van der Waals surface area contributed by atoms with Gasteiger partial charge in [-0.15, -0.1) is 0 Å². The first-order valence-electron chi connectivity index (χ1n) is 13.3. The smallest absolute Gasteiger partial charge is 0.253 e. The SMILES string of the molecule is CNC1CCN(C(=O)c2ccc(NC3CC4=C(C=N3)CN=C(c3c(F)cccc3F)c3cc(Cl)ccc34)cc2)C1. The molecule has 0 radical (unpaired) electrons. The largest absolute Gasteiger partial charge is 0.364 e. The number of aliphatic imine (C=N–C) groups is 2. The van der Waals surface area contributed by atoms with E-state index >= 15 is 0 Å². The fourth-order valence-electron chi connectivity index (χ4n) is 5.57. The zero-order valence-corrected chi connectivity index (χ0v) is 22.7. The molecule has 40 heavy (non-hydrogen) atoms. The van der Waals surface area contributed by atoms with Gasteiger partial charge >= 0.3 is 0 Å². The third-order valence-electron chi connectivity index (χ3n) is 7.71.